The molecule has 0 aliphatic heterocycles. The minimum atomic E-state index is -1.74. The molecule has 0 spiro atoms. The van der Waals surface area contributed by atoms with Gasteiger partial charge in [-0.05, 0) is 20.3 Å². The Bertz CT molecular complexity index is 246. The lowest BCUT2D eigenvalue weighted by Gasteiger charge is -2.16. The summed E-state index contributed by atoms with van der Waals surface area (Å²) in [7, 11) is 0. The second-order valence-electron chi connectivity index (χ2n) is 3.61. The van der Waals surface area contributed by atoms with Crippen molar-refractivity contribution in [3.05, 3.63) is 10.1 Å². The molecule has 0 aliphatic rings. The highest BCUT2D eigenvalue weighted by Crippen LogP contribution is 2.10. The van der Waals surface area contributed by atoms with E-state index in [1.54, 1.807) is 13.8 Å². The number of rotatable bonds is 7. The van der Waals surface area contributed by atoms with Gasteiger partial charge in [-0.25, -0.2) is 4.79 Å². The van der Waals surface area contributed by atoms with Crippen LogP contribution >= 0.6 is 11.6 Å². The van der Waals surface area contributed by atoms with Gasteiger partial charge in [0.1, 0.15) is 0 Å². The Balaban J connectivity index is 4.41. The third-order valence-electron chi connectivity index (χ3n) is 1.86. The van der Waals surface area contributed by atoms with Crippen molar-refractivity contribution in [1.29, 1.82) is 0 Å². The molecule has 0 aliphatic carbocycles. The van der Waals surface area contributed by atoms with Gasteiger partial charge in [0.15, 0.2) is 0 Å². The van der Waals surface area contributed by atoms with E-state index in [0.717, 1.165) is 0 Å². The average molecular weight is 254 g/mol. The molecule has 94 valence electrons. The number of aliphatic hydroxyl groups excluding tert-OH is 1. The fourth-order valence-electron chi connectivity index (χ4n) is 1.12. The van der Waals surface area contributed by atoms with Crippen LogP contribution < -0.4 is 0 Å². The molecule has 0 aromatic carbocycles. The van der Waals surface area contributed by atoms with Crippen LogP contribution in [0.25, 0.3) is 0 Å². The largest absolute Gasteiger partial charge is 0.461 e. The number of halogens is 1. The van der Waals surface area contributed by atoms with Gasteiger partial charge in [-0.1, -0.05) is 0 Å². The van der Waals surface area contributed by atoms with Crippen molar-refractivity contribution in [2.45, 2.75) is 44.9 Å². The minimum Gasteiger partial charge on any atom is -0.461 e. The first-order valence-corrected chi connectivity index (χ1v) is 5.51. The zero-order valence-electron chi connectivity index (χ0n) is 9.26. The van der Waals surface area contributed by atoms with E-state index in [9.17, 15) is 20.0 Å². The number of carbonyl (C=O) groups excluding carboxylic acids is 1. The molecule has 0 rings (SSSR count). The van der Waals surface area contributed by atoms with Gasteiger partial charge in [-0.15, -0.1) is 11.6 Å². The second-order valence-corrected chi connectivity index (χ2v) is 3.99. The second kappa shape index (κ2) is 7.40. The van der Waals surface area contributed by atoms with Crippen molar-refractivity contribution in [2.75, 3.05) is 5.88 Å². The van der Waals surface area contributed by atoms with Crippen LogP contribution in [0.4, 0.5) is 0 Å². The Morgan fingerprint density at radius 2 is 2.12 bits per heavy atom. The summed E-state index contributed by atoms with van der Waals surface area (Å²) in [5.74, 6) is -0.720. The van der Waals surface area contributed by atoms with Crippen molar-refractivity contribution >= 4 is 17.6 Å². The monoisotopic (exact) mass is 253 g/mol. The number of hydrogen-bond acceptors (Lipinski definition) is 5. The summed E-state index contributed by atoms with van der Waals surface area (Å²) < 4.78 is 4.70. The molecule has 6 nitrogen and oxygen atoms in total. The molecule has 0 bridgehead atoms. The van der Waals surface area contributed by atoms with Crippen LogP contribution in [0.2, 0.25) is 0 Å². The van der Waals surface area contributed by atoms with Gasteiger partial charge >= 0.3 is 5.97 Å². The summed E-state index contributed by atoms with van der Waals surface area (Å²) in [4.78, 5) is 21.2. The van der Waals surface area contributed by atoms with Crippen LogP contribution in [0.3, 0.4) is 0 Å². The van der Waals surface area contributed by atoms with Gasteiger partial charge in [0.05, 0.1) is 6.10 Å². The molecule has 16 heavy (non-hydrogen) atoms. The Labute approximate surface area is 98.7 Å². The molecule has 7 heteroatoms. The Morgan fingerprint density at radius 1 is 1.56 bits per heavy atom. The van der Waals surface area contributed by atoms with Crippen molar-refractivity contribution in [2.24, 2.45) is 0 Å². The first kappa shape index (κ1) is 15.1. The number of hydrogen-bond donors (Lipinski definition) is 1. The van der Waals surface area contributed by atoms with E-state index < -0.39 is 29.1 Å². The minimum absolute atomic E-state index is 0.0465. The molecule has 0 radical (unpaired) electrons. The van der Waals surface area contributed by atoms with Crippen LogP contribution in [-0.2, 0) is 9.53 Å². The molecule has 0 amide bonds. The van der Waals surface area contributed by atoms with E-state index in [0.29, 0.717) is 6.42 Å². The van der Waals surface area contributed by atoms with Crippen LogP contribution in [0.1, 0.15) is 26.7 Å². The number of nitrogens with zero attached hydrogens (tertiary/aromatic N) is 1. The zero-order chi connectivity index (χ0) is 12.7. The third kappa shape index (κ3) is 5.27. The molecule has 0 fully saturated rings. The summed E-state index contributed by atoms with van der Waals surface area (Å²) in [5, 5.41) is 20.1. The summed E-state index contributed by atoms with van der Waals surface area (Å²) >= 11 is 5.40. The number of nitro groups is 1. The predicted octanol–water partition coefficient (Wildman–Crippen LogP) is 0.963. The van der Waals surface area contributed by atoms with Gasteiger partial charge in [-0.2, -0.15) is 0 Å². The van der Waals surface area contributed by atoms with E-state index in [1.807, 2.05) is 0 Å². The smallest absolute Gasteiger partial charge is 0.342 e. The van der Waals surface area contributed by atoms with E-state index in [-0.39, 0.29) is 12.3 Å². The molecule has 0 aromatic rings. The normalized spacial score (nSPS) is 14.6. The fraction of sp³-hybridized carbons (Fsp3) is 0.889. The van der Waals surface area contributed by atoms with Gasteiger partial charge in [0, 0.05) is 17.2 Å². The third-order valence-corrected chi connectivity index (χ3v) is 2.13. The first-order valence-electron chi connectivity index (χ1n) is 4.98. The van der Waals surface area contributed by atoms with Gasteiger partial charge < -0.3 is 9.84 Å². The van der Waals surface area contributed by atoms with Crippen LogP contribution in [0, 0.1) is 10.1 Å². The molecule has 1 N–H and O–H groups in total. The first-order chi connectivity index (χ1) is 7.40. The maximum absolute atomic E-state index is 11.3. The van der Waals surface area contributed by atoms with Crippen LogP contribution in [0.15, 0.2) is 0 Å². The summed E-state index contributed by atoms with van der Waals surface area (Å²) in [6.45, 7) is 3.20. The summed E-state index contributed by atoms with van der Waals surface area (Å²) in [6.07, 6.45) is -1.74. The van der Waals surface area contributed by atoms with Crippen LogP contribution in [0.5, 0.6) is 0 Å². The SMILES string of the molecule is CC(C)OC(=O)C(O)C(CCCCl)[N+](=O)[O-]. The maximum atomic E-state index is 11.3. The van der Waals surface area contributed by atoms with Crippen molar-refractivity contribution < 1.29 is 19.6 Å². The molecule has 2 unspecified atom stereocenters. The lowest BCUT2D eigenvalue weighted by atomic mass is 10.1. The molecule has 0 aromatic heterocycles. The lowest BCUT2D eigenvalue weighted by Crippen LogP contribution is -2.41. The van der Waals surface area contributed by atoms with Crippen molar-refractivity contribution in [3.8, 4) is 0 Å². The van der Waals surface area contributed by atoms with E-state index in [1.165, 1.54) is 0 Å². The predicted molar refractivity (Wildman–Crippen MR) is 58.0 cm³/mol. The number of aliphatic hydroxyl groups is 1. The molecular formula is C9H16ClNO5. The zero-order valence-corrected chi connectivity index (χ0v) is 10.0. The van der Waals surface area contributed by atoms with E-state index >= 15 is 0 Å². The maximum Gasteiger partial charge on any atom is 0.342 e. The molecule has 0 saturated heterocycles. The van der Waals surface area contributed by atoms with E-state index in [4.69, 9.17) is 16.3 Å². The lowest BCUT2D eigenvalue weighted by molar-refractivity contribution is -0.532. The standard InChI is InChI=1S/C9H16ClNO5/c1-6(2)16-9(13)8(12)7(11(14)15)4-3-5-10/h6-8,12H,3-5H2,1-2H3. The fourth-order valence-corrected chi connectivity index (χ4v) is 1.28. The van der Waals surface area contributed by atoms with Crippen LogP contribution in [-0.4, -0.2) is 40.1 Å². The van der Waals surface area contributed by atoms with Crippen molar-refractivity contribution in [1.82, 2.24) is 0 Å². The Morgan fingerprint density at radius 3 is 2.50 bits per heavy atom. The topological polar surface area (TPSA) is 89.7 Å². The molecular weight excluding hydrogens is 238 g/mol. The molecule has 0 saturated carbocycles. The number of ether oxygens (including phenoxy) is 1. The highest BCUT2D eigenvalue weighted by atomic mass is 35.5. The molecule has 2 atom stereocenters. The summed E-state index contributed by atoms with van der Waals surface area (Å²) in [5.41, 5.74) is 0. The number of esters is 1. The Hall–Kier alpha value is -0.880. The number of carbonyl (C=O) groups is 1. The summed E-state index contributed by atoms with van der Waals surface area (Å²) in [6, 6.07) is -1.36. The number of alkyl halides is 1. The quantitative estimate of drug-likeness (QED) is 0.316. The highest BCUT2D eigenvalue weighted by molar-refractivity contribution is 6.17. The van der Waals surface area contributed by atoms with Gasteiger partial charge in [0.2, 0.25) is 12.1 Å². The van der Waals surface area contributed by atoms with Gasteiger partial charge in [-0.3, -0.25) is 10.1 Å². The highest BCUT2D eigenvalue weighted by Gasteiger charge is 2.36. The van der Waals surface area contributed by atoms with Gasteiger partial charge in [0.25, 0.3) is 0 Å². The molecule has 0 heterocycles. The Kier molecular flexibility index (Phi) is 7.00. The van der Waals surface area contributed by atoms with E-state index in [2.05, 4.69) is 0 Å². The van der Waals surface area contributed by atoms with Crippen molar-refractivity contribution in [3.63, 3.8) is 0 Å². The average Bonchev–Trinajstić information content (AvgIpc) is 2.16.